The Morgan fingerprint density at radius 1 is 0.574 bits per heavy atom. The number of thiophene rings is 1. The highest BCUT2D eigenvalue weighted by Crippen LogP contribution is 2.26. The lowest BCUT2D eigenvalue weighted by Crippen LogP contribution is -2.25. The van der Waals surface area contributed by atoms with Gasteiger partial charge < -0.3 is 16.0 Å². The van der Waals surface area contributed by atoms with Gasteiger partial charge in [-0.25, -0.2) is 0 Å². The monoisotopic (exact) mass is 767 g/mol. The lowest BCUT2D eigenvalue weighted by atomic mass is 10.1. The van der Waals surface area contributed by atoms with E-state index < -0.39 is 4.92 Å². The molecular weight excluding hydrogens is 715 g/mol. The van der Waals surface area contributed by atoms with Crippen LogP contribution in [0.25, 0.3) is 12.2 Å². The van der Waals surface area contributed by atoms with Crippen LogP contribution in [0, 0.1) is 20.2 Å². The number of hydrogen-bond donors (Lipinski definition) is 3. The molecule has 0 unspecified atom stereocenters. The summed E-state index contributed by atoms with van der Waals surface area (Å²) in [7, 11) is 0. The van der Waals surface area contributed by atoms with Crippen molar-refractivity contribution < 1.29 is 9.85 Å². The summed E-state index contributed by atoms with van der Waals surface area (Å²) in [5.74, 6) is 1.01. The van der Waals surface area contributed by atoms with E-state index in [0.29, 0.717) is 0 Å². The molecule has 1 aromatic heterocycles. The zero-order valence-corrected chi connectivity index (χ0v) is 34.3. The molecule has 0 spiro atoms. The average Bonchev–Trinajstić information content (AvgIpc) is 3.57. The number of hydrogen-bond acceptors (Lipinski definition) is 9. The van der Waals surface area contributed by atoms with Crippen molar-refractivity contribution in [3.8, 4) is 0 Å². The number of thioether (sulfide) groups is 1. The van der Waals surface area contributed by atoms with E-state index in [-0.39, 0.29) is 32.2 Å². The van der Waals surface area contributed by atoms with Crippen molar-refractivity contribution >= 4 is 63.0 Å². The van der Waals surface area contributed by atoms with E-state index in [2.05, 4.69) is 112 Å². The second-order valence-electron chi connectivity index (χ2n) is 15.6. The van der Waals surface area contributed by atoms with E-state index in [9.17, 15) is 20.2 Å². The minimum absolute atomic E-state index is 0.0316. The molecule has 1 heterocycles. The number of nitro groups is 2. The quantitative estimate of drug-likeness (QED) is 0.0729. The third kappa shape index (κ3) is 17.6. The SMILES string of the molecule is CC(C)(C)Nc1ccc(/C=C/c2ccc([N+](=O)[O-])s2)cc1.CC(C)(C)Nc1ccc(CSc2ccccc2)cc1.CC(C)(C)Nc1ccc([N+](=O)[O-])cc1. The molecule has 0 atom stereocenters. The molecule has 0 bridgehead atoms. The molecule has 9 nitrogen and oxygen atoms in total. The van der Waals surface area contributed by atoms with Crippen molar-refractivity contribution in [1.82, 2.24) is 0 Å². The summed E-state index contributed by atoms with van der Waals surface area (Å²) >= 11 is 3.05. The van der Waals surface area contributed by atoms with Crippen molar-refractivity contribution in [2.75, 3.05) is 16.0 Å². The fraction of sp³-hybridized carbons (Fsp3) is 0.302. The van der Waals surface area contributed by atoms with E-state index in [4.69, 9.17) is 0 Å². The number of rotatable bonds is 10. The molecular formula is C43H53N5O4S2. The minimum atomic E-state index is -0.402. The second kappa shape index (κ2) is 19.8. The van der Waals surface area contributed by atoms with Crippen LogP contribution in [0.2, 0.25) is 0 Å². The first kappa shape index (κ1) is 43.3. The van der Waals surface area contributed by atoms with Crippen LogP contribution in [0.1, 0.15) is 78.3 Å². The number of nitrogens with one attached hydrogen (secondary N) is 3. The smallest absolute Gasteiger partial charge is 0.324 e. The molecule has 11 heteroatoms. The van der Waals surface area contributed by atoms with Crippen LogP contribution in [-0.2, 0) is 5.75 Å². The zero-order valence-electron chi connectivity index (χ0n) is 32.7. The van der Waals surface area contributed by atoms with Crippen LogP contribution < -0.4 is 16.0 Å². The van der Waals surface area contributed by atoms with Gasteiger partial charge in [-0.2, -0.15) is 0 Å². The molecule has 0 aliphatic carbocycles. The van der Waals surface area contributed by atoms with Gasteiger partial charge in [-0.3, -0.25) is 20.2 Å². The highest BCUT2D eigenvalue weighted by Gasteiger charge is 2.12. The van der Waals surface area contributed by atoms with Crippen LogP contribution in [0.15, 0.2) is 120 Å². The number of nitrogens with zero attached hydrogens (tertiary/aromatic N) is 2. The summed E-state index contributed by atoms with van der Waals surface area (Å²) in [6, 6.07) is 37.0. The van der Waals surface area contributed by atoms with Gasteiger partial charge in [0.1, 0.15) is 0 Å². The first-order valence-electron chi connectivity index (χ1n) is 17.6. The Morgan fingerprint density at radius 2 is 1.04 bits per heavy atom. The Labute approximate surface area is 328 Å². The average molecular weight is 768 g/mol. The van der Waals surface area contributed by atoms with Gasteiger partial charge in [0.2, 0.25) is 0 Å². The van der Waals surface area contributed by atoms with Crippen molar-refractivity contribution in [1.29, 1.82) is 0 Å². The van der Waals surface area contributed by atoms with Crippen LogP contribution in [0.3, 0.4) is 0 Å². The van der Waals surface area contributed by atoms with Crippen molar-refractivity contribution in [3.63, 3.8) is 0 Å². The summed E-state index contributed by atoms with van der Waals surface area (Å²) in [5, 5.41) is 31.3. The number of nitro benzene ring substituents is 1. The number of benzene rings is 4. The summed E-state index contributed by atoms with van der Waals surface area (Å²) in [4.78, 5) is 22.4. The fourth-order valence-corrected chi connectivity index (χ4v) is 6.32. The summed E-state index contributed by atoms with van der Waals surface area (Å²) in [6.07, 6.45) is 3.85. The number of non-ortho nitro benzene ring substituents is 1. The summed E-state index contributed by atoms with van der Waals surface area (Å²) in [5.41, 5.74) is 5.79. The Bertz CT molecular complexity index is 1920. The van der Waals surface area contributed by atoms with Gasteiger partial charge in [-0.15, -0.1) is 11.8 Å². The van der Waals surface area contributed by atoms with E-state index in [1.165, 1.54) is 45.7 Å². The summed E-state index contributed by atoms with van der Waals surface area (Å²) in [6.45, 7) is 19.0. The Morgan fingerprint density at radius 3 is 1.46 bits per heavy atom. The first-order chi connectivity index (χ1) is 25.2. The van der Waals surface area contributed by atoms with Crippen LogP contribution in [0.4, 0.5) is 27.8 Å². The van der Waals surface area contributed by atoms with Gasteiger partial charge in [0, 0.05) is 67.4 Å². The van der Waals surface area contributed by atoms with Gasteiger partial charge in [-0.1, -0.05) is 59.9 Å². The Balaban J connectivity index is 0.000000222. The Hall–Kier alpha value is -5.13. The van der Waals surface area contributed by atoms with Gasteiger partial charge in [-0.05, 0) is 134 Å². The number of anilines is 3. The largest absolute Gasteiger partial charge is 0.380 e. The third-order valence-electron chi connectivity index (χ3n) is 6.88. The highest BCUT2D eigenvalue weighted by atomic mass is 32.2. The van der Waals surface area contributed by atoms with E-state index in [1.807, 2.05) is 69.0 Å². The van der Waals surface area contributed by atoms with Crippen molar-refractivity contribution in [2.24, 2.45) is 0 Å². The maximum Gasteiger partial charge on any atom is 0.324 e. The predicted molar refractivity (Wildman–Crippen MR) is 232 cm³/mol. The zero-order chi connectivity index (χ0) is 39.9. The molecule has 0 amide bonds. The molecule has 0 saturated carbocycles. The molecule has 54 heavy (non-hydrogen) atoms. The van der Waals surface area contributed by atoms with Crippen molar-refractivity contribution in [3.05, 3.63) is 151 Å². The second-order valence-corrected chi connectivity index (χ2v) is 17.8. The molecule has 0 saturated heterocycles. The third-order valence-corrected chi connectivity index (χ3v) is 8.97. The van der Waals surface area contributed by atoms with Gasteiger partial charge >= 0.3 is 5.00 Å². The van der Waals surface area contributed by atoms with Crippen LogP contribution >= 0.6 is 23.1 Å². The normalized spacial score (nSPS) is 11.4. The van der Waals surface area contributed by atoms with E-state index in [1.54, 1.807) is 18.2 Å². The molecule has 0 aliphatic heterocycles. The van der Waals surface area contributed by atoms with Gasteiger partial charge in [0.15, 0.2) is 0 Å². The van der Waals surface area contributed by atoms with Gasteiger partial charge in [0.05, 0.1) is 9.85 Å². The molecule has 0 fully saturated rings. The highest BCUT2D eigenvalue weighted by molar-refractivity contribution is 7.98. The lowest BCUT2D eigenvalue weighted by Gasteiger charge is -2.22. The molecule has 5 rings (SSSR count). The molecule has 5 aromatic rings. The maximum atomic E-state index is 10.6. The maximum absolute atomic E-state index is 10.6. The van der Waals surface area contributed by atoms with Crippen molar-refractivity contribution in [2.45, 2.75) is 89.6 Å². The standard InChI is InChI=1S/C17H21NS.C16H18N2O2S.C10H14N2O2/c1-17(2,3)18-15-11-9-14(10-12-15)13-19-16-7-5-4-6-8-16;1-16(2,3)17-13-7-4-12(5-8-13)6-9-14-10-11-15(21-14)18(19)20;1-10(2,3)11-8-4-6-9(7-5-8)12(13)14/h4-12,18H,13H2,1-3H3;4-11,17H,1-3H3;4-7,11H,1-3H3/b;9-6+;. The fourth-order valence-electron chi connectivity index (χ4n) is 4.72. The predicted octanol–water partition coefficient (Wildman–Crippen LogP) is 13.0. The van der Waals surface area contributed by atoms with Crippen LogP contribution in [0.5, 0.6) is 0 Å². The van der Waals surface area contributed by atoms with E-state index >= 15 is 0 Å². The molecule has 4 aromatic carbocycles. The topological polar surface area (TPSA) is 122 Å². The van der Waals surface area contributed by atoms with E-state index in [0.717, 1.165) is 27.6 Å². The molecule has 286 valence electrons. The molecule has 0 aliphatic rings. The molecule has 0 radical (unpaired) electrons. The first-order valence-corrected chi connectivity index (χ1v) is 19.4. The van der Waals surface area contributed by atoms with Gasteiger partial charge in [0.25, 0.3) is 5.69 Å². The summed E-state index contributed by atoms with van der Waals surface area (Å²) < 4.78 is 0. The minimum Gasteiger partial charge on any atom is -0.380 e. The lowest BCUT2D eigenvalue weighted by molar-refractivity contribution is -0.384. The van der Waals surface area contributed by atoms with Crippen LogP contribution in [-0.4, -0.2) is 26.5 Å². The molecule has 3 N–H and O–H groups in total. The Kier molecular flexibility index (Phi) is 15.9.